The van der Waals surface area contributed by atoms with E-state index in [2.05, 4.69) is 10.9 Å². The Balaban J connectivity index is 1.38. The van der Waals surface area contributed by atoms with Crippen molar-refractivity contribution in [1.29, 1.82) is 0 Å². The van der Waals surface area contributed by atoms with Gasteiger partial charge in [0, 0.05) is 4.88 Å². The van der Waals surface area contributed by atoms with Gasteiger partial charge in [-0.25, -0.2) is 0 Å². The third kappa shape index (κ3) is 4.33. The van der Waals surface area contributed by atoms with Gasteiger partial charge in [0.25, 0.3) is 17.7 Å². The zero-order valence-corrected chi connectivity index (χ0v) is 17.7. The molecule has 2 N–H and O–H groups in total. The fourth-order valence-corrected chi connectivity index (χ4v) is 5.00. The molecule has 158 valence electrons. The molecule has 0 spiro atoms. The van der Waals surface area contributed by atoms with Crippen molar-refractivity contribution in [1.82, 2.24) is 10.9 Å². The number of hydrogen-bond acceptors (Lipinski definition) is 5. The molecule has 2 heterocycles. The van der Waals surface area contributed by atoms with Gasteiger partial charge >= 0.3 is 0 Å². The van der Waals surface area contributed by atoms with E-state index in [1.54, 1.807) is 25.1 Å². The van der Waals surface area contributed by atoms with Gasteiger partial charge in [0.2, 0.25) is 0 Å². The first kappa shape index (κ1) is 20.4. The van der Waals surface area contributed by atoms with Crippen LogP contribution in [0.3, 0.4) is 0 Å². The summed E-state index contributed by atoms with van der Waals surface area (Å²) >= 11 is 1.50. The van der Waals surface area contributed by atoms with Crippen molar-refractivity contribution in [3.05, 3.63) is 45.6 Å². The smallest absolute Gasteiger partial charge is 0.279 e. The van der Waals surface area contributed by atoms with Crippen molar-refractivity contribution in [2.24, 2.45) is 0 Å². The standard InChI is InChI=1S/C22H25N3O4S/c1-14-22(28)25(16-9-6-7-10-17(16)29-14)13-20(26)23-24-21(27)19-12-15-8-4-2-3-5-11-18(15)30-19/h6-7,9-10,12,14H,2-5,8,11,13H2,1H3,(H,23,26)(H,24,27). The second-order valence-corrected chi connectivity index (χ2v) is 8.76. The lowest BCUT2D eigenvalue weighted by molar-refractivity contribution is -0.128. The molecule has 30 heavy (non-hydrogen) atoms. The molecule has 0 fully saturated rings. The van der Waals surface area contributed by atoms with Gasteiger partial charge in [0.15, 0.2) is 6.10 Å². The number of carbonyl (C=O) groups is 3. The van der Waals surface area contributed by atoms with Gasteiger partial charge in [-0.1, -0.05) is 25.0 Å². The quantitative estimate of drug-likeness (QED) is 0.738. The van der Waals surface area contributed by atoms with E-state index in [1.807, 2.05) is 12.1 Å². The Hall–Kier alpha value is -2.87. The average molecular weight is 428 g/mol. The minimum absolute atomic E-state index is 0.204. The summed E-state index contributed by atoms with van der Waals surface area (Å²) in [6, 6.07) is 9.02. The summed E-state index contributed by atoms with van der Waals surface area (Å²) in [6.45, 7) is 1.44. The highest BCUT2D eigenvalue weighted by Gasteiger charge is 2.32. The number of aryl methyl sites for hydroxylation is 2. The number of thiophene rings is 1. The molecule has 1 unspecified atom stereocenters. The first-order chi connectivity index (χ1) is 14.5. The maximum atomic E-state index is 12.5. The van der Waals surface area contributed by atoms with Gasteiger partial charge < -0.3 is 4.74 Å². The van der Waals surface area contributed by atoms with Crippen LogP contribution in [0.4, 0.5) is 5.69 Å². The largest absolute Gasteiger partial charge is 0.479 e. The maximum absolute atomic E-state index is 12.5. The monoisotopic (exact) mass is 427 g/mol. The molecule has 2 aromatic rings. The first-order valence-electron chi connectivity index (χ1n) is 10.3. The van der Waals surface area contributed by atoms with Gasteiger partial charge in [-0.15, -0.1) is 11.3 Å². The van der Waals surface area contributed by atoms with E-state index < -0.39 is 12.0 Å². The second-order valence-electron chi connectivity index (χ2n) is 7.63. The van der Waals surface area contributed by atoms with Crippen molar-refractivity contribution < 1.29 is 19.1 Å². The summed E-state index contributed by atoms with van der Waals surface area (Å²) in [4.78, 5) is 40.7. The molecule has 0 bridgehead atoms. The number of nitrogens with one attached hydrogen (secondary N) is 2. The molecule has 0 radical (unpaired) electrons. The number of rotatable bonds is 3. The van der Waals surface area contributed by atoms with Crippen LogP contribution in [0.1, 0.15) is 52.7 Å². The highest BCUT2D eigenvalue weighted by molar-refractivity contribution is 7.14. The van der Waals surface area contributed by atoms with Crippen LogP contribution in [0, 0.1) is 0 Å². The van der Waals surface area contributed by atoms with Crippen LogP contribution in [-0.2, 0) is 22.4 Å². The topological polar surface area (TPSA) is 87.7 Å². The van der Waals surface area contributed by atoms with Crippen molar-refractivity contribution in [3.8, 4) is 5.75 Å². The Morgan fingerprint density at radius 3 is 2.73 bits per heavy atom. The first-order valence-corrected chi connectivity index (χ1v) is 11.1. The van der Waals surface area contributed by atoms with E-state index in [0.29, 0.717) is 16.3 Å². The number of anilines is 1. The molecule has 1 aliphatic carbocycles. The molecular weight excluding hydrogens is 402 g/mol. The highest BCUT2D eigenvalue weighted by atomic mass is 32.1. The maximum Gasteiger partial charge on any atom is 0.279 e. The minimum Gasteiger partial charge on any atom is -0.479 e. The molecule has 1 atom stereocenters. The molecule has 0 saturated carbocycles. The zero-order valence-electron chi connectivity index (χ0n) is 16.9. The fourth-order valence-electron chi connectivity index (χ4n) is 3.85. The average Bonchev–Trinajstić information content (AvgIpc) is 3.11. The van der Waals surface area contributed by atoms with Crippen LogP contribution < -0.4 is 20.5 Å². The molecule has 1 aromatic heterocycles. The van der Waals surface area contributed by atoms with Crippen LogP contribution in [0.15, 0.2) is 30.3 Å². The number of carbonyl (C=O) groups excluding carboxylic acids is 3. The van der Waals surface area contributed by atoms with Gasteiger partial charge in [-0.3, -0.25) is 30.1 Å². The van der Waals surface area contributed by atoms with Crippen molar-refractivity contribution in [2.45, 2.75) is 51.6 Å². The van der Waals surface area contributed by atoms with E-state index in [0.717, 1.165) is 25.7 Å². The molecule has 7 nitrogen and oxygen atoms in total. The molecular formula is C22H25N3O4S. The molecule has 1 aromatic carbocycles. The number of hydrogen-bond donors (Lipinski definition) is 2. The lowest BCUT2D eigenvalue weighted by atomic mass is 10.00. The van der Waals surface area contributed by atoms with E-state index in [-0.39, 0.29) is 18.4 Å². The predicted octanol–water partition coefficient (Wildman–Crippen LogP) is 2.98. The number of fused-ring (bicyclic) bond motifs is 2. The number of para-hydroxylation sites is 2. The van der Waals surface area contributed by atoms with Crippen LogP contribution >= 0.6 is 11.3 Å². The number of hydrazine groups is 1. The summed E-state index contributed by atoms with van der Waals surface area (Å²) in [6.07, 6.45) is 6.10. The zero-order chi connectivity index (χ0) is 21.1. The molecule has 4 rings (SSSR count). The van der Waals surface area contributed by atoms with Gasteiger partial charge in [-0.05, 0) is 56.4 Å². The fraction of sp³-hybridized carbons (Fsp3) is 0.409. The van der Waals surface area contributed by atoms with Gasteiger partial charge in [0.05, 0.1) is 10.6 Å². The third-order valence-electron chi connectivity index (χ3n) is 5.41. The Bertz CT molecular complexity index is 946. The Labute approximate surface area is 179 Å². The minimum atomic E-state index is -0.673. The van der Waals surface area contributed by atoms with E-state index >= 15 is 0 Å². The van der Waals surface area contributed by atoms with Crippen molar-refractivity contribution >= 4 is 34.7 Å². The Kier molecular flexibility index (Phi) is 6.03. The van der Waals surface area contributed by atoms with Crippen LogP contribution in [0.5, 0.6) is 5.75 Å². The SMILES string of the molecule is CC1Oc2ccccc2N(CC(=O)NNC(=O)c2cc3c(s2)CCCCCC3)C1=O. The summed E-state index contributed by atoms with van der Waals surface area (Å²) in [5.74, 6) is -0.552. The molecule has 1 aliphatic heterocycles. The number of amides is 3. The van der Waals surface area contributed by atoms with Crippen molar-refractivity contribution in [2.75, 3.05) is 11.4 Å². The number of benzene rings is 1. The summed E-state index contributed by atoms with van der Waals surface area (Å²) < 4.78 is 5.58. The molecule has 8 heteroatoms. The lowest BCUT2D eigenvalue weighted by Gasteiger charge is -2.32. The molecule has 0 saturated heterocycles. The van der Waals surface area contributed by atoms with Gasteiger partial charge in [0.1, 0.15) is 12.3 Å². The van der Waals surface area contributed by atoms with Crippen LogP contribution in [0.2, 0.25) is 0 Å². The summed E-state index contributed by atoms with van der Waals surface area (Å²) in [7, 11) is 0. The number of nitrogens with zero attached hydrogens (tertiary/aromatic N) is 1. The van der Waals surface area contributed by atoms with Crippen LogP contribution in [0.25, 0.3) is 0 Å². The van der Waals surface area contributed by atoms with E-state index in [9.17, 15) is 14.4 Å². The Morgan fingerprint density at radius 2 is 1.90 bits per heavy atom. The van der Waals surface area contributed by atoms with E-state index in [4.69, 9.17) is 4.74 Å². The molecule has 2 aliphatic rings. The second kappa shape index (κ2) is 8.87. The highest BCUT2D eigenvalue weighted by Crippen LogP contribution is 2.33. The normalized spacial score (nSPS) is 18.4. The van der Waals surface area contributed by atoms with E-state index in [1.165, 1.54) is 39.5 Å². The third-order valence-corrected chi connectivity index (χ3v) is 6.65. The van der Waals surface area contributed by atoms with Crippen LogP contribution in [-0.4, -0.2) is 30.4 Å². The molecule has 3 amide bonds. The van der Waals surface area contributed by atoms with Crippen molar-refractivity contribution in [3.63, 3.8) is 0 Å². The Morgan fingerprint density at radius 1 is 1.13 bits per heavy atom. The van der Waals surface area contributed by atoms with Gasteiger partial charge in [-0.2, -0.15) is 0 Å². The summed E-state index contributed by atoms with van der Waals surface area (Å²) in [5, 5.41) is 0. The predicted molar refractivity (Wildman–Crippen MR) is 115 cm³/mol. The summed E-state index contributed by atoms with van der Waals surface area (Å²) in [5.41, 5.74) is 6.71. The number of ether oxygens (including phenoxy) is 1. The lowest BCUT2D eigenvalue weighted by Crippen LogP contribution is -2.51.